The van der Waals surface area contributed by atoms with Crippen molar-refractivity contribution < 1.29 is 15.4 Å². The maximum absolute atomic E-state index is 9.59. The van der Waals surface area contributed by atoms with Crippen LogP contribution in [0.5, 0.6) is 0 Å². The van der Waals surface area contributed by atoms with Crippen LogP contribution in [0.4, 0.5) is 0 Å². The van der Waals surface area contributed by atoms with Crippen LogP contribution < -0.4 is 11.3 Å². The molecule has 0 amide bonds. The Hall–Kier alpha value is -0.610. The summed E-state index contributed by atoms with van der Waals surface area (Å²) in [6, 6.07) is 0. The minimum Gasteiger partial charge on any atom is -0.550 e. The van der Waals surface area contributed by atoms with Crippen LogP contribution in [-0.2, 0) is 4.79 Å². The van der Waals surface area contributed by atoms with E-state index in [2.05, 4.69) is 0 Å². The van der Waals surface area contributed by atoms with Gasteiger partial charge in [-0.1, -0.05) is 13.8 Å². The first-order chi connectivity index (χ1) is 2.64. The normalized spacial score (nSPS) is 6.88. The number of carboxylic acids is 1. The van der Waals surface area contributed by atoms with Crippen molar-refractivity contribution in [3.8, 4) is 0 Å². The van der Waals surface area contributed by atoms with Gasteiger partial charge < -0.3 is 21.5 Å². The maximum Gasteiger partial charge on any atom is 0.0439 e. The van der Waals surface area contributed by atoms with Crippen LogP contribution in [0, 0.1) is 5.92 Å². The summed E-state index contributed by atoms with van der Waals surface area (Å²) in [7, 11) is 0. The fourth-order valence-corrected chi connectivity index (χ4v) is 0. The van der Waals surface area contributed by atoms with Crippen molar-refractivity contribution >= 4 is 5.97 Å². The molecule has 0 atom stereocenters. The monoisotopic (exact) mass is 123 g/mol. The molecule has 0 saturated heterocycles. The second-order valence-corrected chi connectivity index (χ2v) is 1.47. The van der Waals surface area contributed by atoms with E-state index in [9.17, 15) is 9.90 Å². The highest BCUT2D eigenvalue weighted by molar-refractivity contribution is 5.66. The standard InChI is InChI=1S/C4H8O2.H3N.H2O/c1-3(2)4(5)6;;/h3H,1-2H3,(H,5,6);1H3;1H2. The van der Waals surface area contributed by atoms with Crippen LogP contribution in [0.1, 0.15) is 13.8 Å². The molecule has 0 aliphatic rings. The molecule has 0 aromatic heterocycles. The number of rotatable bonds is 1. The molecule has 6 N–H and O–H groups in total. The lowest BCUT2D eigenvalue weighted by molar-refractivity contribution is -0.310. The Labute approximate surface area is 48.4 Å². The van der Waals surface area contributed by atoms with Gasteiger partial charge in [-0.25, -0.2) is 0 Å². The Kier molecular flexibility index (Phi) is 12.5. The maximum atomic E-state index is 9.59. The van der Waals surface area contributed by atoms with Crippen molar-refractivity contribution in [3.05, 3.63) is 0 Å². The van der Waals surface area contributed by atoms with Crippen molar-refractivity contribution in [2.24, 2.45) is 5.92 Å². The highest BCUT2D eigenvalue weighted by Crippen LogP contribution is 1.83. The van der Waals surface area contributed by atoms with E-state index in [0.29, 0.717) is 0 Å². The van der Waals surface area contributed by atoms with Gasteiger partial charge in [-0.05, 0) is 5.92 Å². The first-order valence-electron chi connectivity index (χ1n) is 1.85. The first-order valence-corrected chi connectivity index (χ1v) is 1.85. The molecule has 0 aliphatic carbocycles. The summed E-state index contributed by atoms with van der Waals surface area (Å²) in [4.78, 5) is 9.59. The van der Waals surface area contributed by atoms with Crippen LogP contribution in [0.25, 0.3) is 0 Å². The van der Waals surface area contributed by atoms with E-state index in [4.69, 9.17) is 0 Å². The molecule has 0 bridgehead atoms. The van der Waals surface area contributed by atoms with E-state index in [0.717, 1.165) is 0 Å². The number of carbonyl (C=O) groups excluding carboxylic acids is 1. The molecule has 0 aromatic rings. The third kappa shape index (κ3) is 9.04. The summed E-state index contributed by atoms with van der Waals surface area (Å²) in [5.74, 6) is -1.33. The average Bonchev–Trinajstić information content (AvgIpc) is 1.36. The van der Waals surface area contributed by atoms with Crippen molar-refractivity contribution in [1.82, 2.24) is 6.15 Å². The topological polar surface area (TPSA) is 108 Å². The molecule has 0 spiro atoms. The predicted molar refractivity (Wildman–Crippen MR) is 29.4 cm³/mol. The van der Waals surface area contributed by atoms with E-state index in [1.54, 1.807) is 13.8 Å². The van der Waals surface area contributed by atoms with Crippen molar-refractivity contribution in [3.63, 3.8) is 0 Å². The van der Waals surface area contributed by atoms with Gasteiger partial charge in [0.05, 0.1) is 0 Å². The highest BCUT2D eigenvalue weighted by atomic mass is 16.4. The first kappa shape index (κ1) is 15.7. The van der Waals surface area contributed by atoms with Crippen molar-refractivity contribution in [1.29, 1.82) is 0 Å². The Morgan fingerprint density at radius 1 is 1.50 bits per heavy atom. The predicted octanol–water partition coefficient (Wildman–Crippen LogP) is -1.06. The third-order valence-electron chi connectivity index (χ3n) is 0.471. The molecule has 0 aromatic carbocycles. The lowest BCUT2D eigenvalue weighted by atomic mass is 10.2. The largest absolute Gasteiger partial charge is 0.550 e. The summed E-state index contributed by atoms with van der Waals surface area (Å²) in [6.45, 7) is 3.16. The van der Waals surface area contributed by atoms with E-state index in [1.807, 2.05) is 0 Å². The number of hydrogen-bond donors (Lipinski definition) is 1. The molecule has 52 valence electrons. The van der Waals surface area contributed by atoms with Gasteiger partial charge in [-0.15, -0.1) is 0 Å². The second kappa shape index (κ2) is 6.39. The van der Waals surface area contributed by atoms with E-state index < -0.39 is 5.97 Å². The van der Waals surface area contributed by atoms with Crippen LogP contribution in [0.15, 0.2) is 0 Å². The summed E-state index contributed by atoms with van der Waals surface area (Å²) in [5, 5.41) is 9.59. The molecule has 0 heterocycles. The zero-order chi connectivity index (χ0) is 5.15. The Morgan fingerprint density at radius 3 is 1.62 bits per heavy atom. The molecule has 0 fully saturated rings. The molecule has 8 heavy (non-hydrogen) atoms. The number of hydrogen-bond acceptors (Lipinski definition) is 2. The van der Waals surface area contributed by atoms with E-state index in [1.165, 1.54) is 0 Å². The van der Waals surface area contributed by atoms with Gasteiger partial charge in [0.2, 0.25) is 0 Å². The molecule has 0 unspecified atom stereocenters. The van der Waals surface area contributed by atoms with E-state index >= 15 is 0 Å². The lowest BCUT2D eigenvalue weighted by Crippen LogP contribution is -2.27. The fourth-order valence-electron chi connectivity index (χ4n) is 0. The highest BCUT2D eigenvalue weighted by Gasteiger charge is 1.87. The molecular formula is C4H13NO3. The Balaban J connectivity index is -0.000000125. The molecule has 4 heteroatoms. The van der Waals surface area contributed by atoms with Crippen molar-refractivity contribution in [2.45, 2.75) is 13.8 Å². The lowest BCUT2D eigenvalue weighted by Gasteiger charge is -2.01. The zero-order valence-corrected chi connectivity index (χ0v) is 5.39. The quantitative estimate of drug-likeness (QED) is 0.479. The van der Waals surface area contributed by atoms with Gasteiger partial charge in [0.1, 0.15) is 0 Å². The molecule has 0 saturated carbocycles. The molecule has 0 aliphatic heterocycles. The fraction of sp³-hybridized carbons (Fsp3) is 0.750. The van der Waals surface area contributed by atoms with Crippen molar-refractivity contribution in [2.75, 3.05) is 0 Å². The smallest absolute Gasteiger partial charge is 0.0439 e. The summed E-state index contributed by atoms with van der Waals surface area (Å²) < 4.78 is 0. The summed E-state index contributed by atoms with van der Waals surface area (Å²) >= 11 is 0. The number of quaternary nitrogens is 1. The van der Waals surface area contributed by atoms with Crippen LogP contribution in [-0.4, -0.2) is 11.4 Å². The van der Waals surface area contributed by atoms with Gasteiger partial charge in [0.25, 0.3) is 0 Å². The van der Waals surface area contributed by atoms with Gasteiger partial charge in [-0.3, -0.25) is 0 Å². The second-order valence-electron chi connectivity index (χ2n) is 1.47. The molecule has 0 radical (unpaired) electrons. The van der Waals surface area contributed by atoms with Gasteiger partial charge in [0.15, 0.2) is 0 Å². The van der Waals surface area contributed by atoms with Gasteiger partial charge >= 0.3 is 0 Å². The number of aliphatic carboxylic acids is 1. The van der Waals surface area contributed by atoms with Crippen LogP contribution in [0.3, 0.4) is 0 Å². The van der Waals surface area contributed by atoms with Crippen LogP contribution in [0.2, 0.25) is 0 Å². The Morgan fingerprint density at radius 2 is 1.62 bits per heavy atom. The average molecular weight is 123 g/mol. The zero-order valence-electron chi connectivity index (χ0n) is 5.39. The minimum atomic E-state index is -0.991. The SMILES string of the molecule is CC(C)C(=O)[O-].O.[NH4+]. The van der Waals surface area contributed by atoms with Gasteiger partial charge in [0, 0.05) is 5.97 Å². The molecular weight excluding hydrogens is 110 g/mol. The number of carbonyl (C=O) groups is 1. The third-order valence-corrected chi connectivity index (χ3v) is 0.471. The number of carboxylic acid groups (broad SMARTS) is 1. The van der Waals surface area contributed by atoms with Gasteiger partial charge in [-0.2, -0.15) is 0 Å². The van der Waals surface area contributed by atoms with E-state index in [-0.39, 0.29) is 17.5 Å². The molecule has 4 nitrogen and oxygen atoms in total. The van der Waals surface area contributed by atoms with Crippen LogP contribution >= 0.6 is 0 Å². The Bertz CT molecular complexity index is 62.3. The molecule has 0 rings (SSSR count). The summed E-state index contributed by atoms with van der Waals surface area (Å²) in [5.41, 5.74) is 0. The summed E-state index contributed by atoms with van der Waals surface area (Å²) in [6.07, 6.45) is 0. The minimum absolute atomic E-state index is 0.